The van der Waals surface area contributed by atoms with Crippen LogP contribution in [0.3, 0.4) is 0 Å². The maximum atomic E-state index is 3.57. The lowest BCUT2D eigenvalue weighted by molar-refractivity contribution is 0.356. The highest BCUT2D eigenvalue weighted by atomic mass is 14.9. The summed E-state index contributed by atoms with van der Waals surface area (Å²) in [5.41, 5.74) is 3.23. The van der Waals surface area contributed by atoms with Crippen molar-refractivity contribution in [2.75, 3.05) is 11.9 Å². The second-order valence-corrected chi connectivity index (χ2v) is 9.53. The number of anilines is 1. The molecule has 1 rings (SSSR count). The van der Waals surface area contributed by atoms with E-state index < -0.39 is 0 Å². The number of unbranched alkanes of at least 4 members (excludes halogenated alkanes) is 11. The fraction of sp³-hybridized carbons (Fsp3) is 0.769. The second kappa shape index (κ2) is 15.0. The third-order valence-corrected chi connectivity index (χ3v) is 5.52. The van der Waals surface area contributed by atoms with E-state index in [0.717, 1.165) is 13.0 Å². The molecule has 1 aromatic carbocycles. The minimum atomic E-state index is 0.524. The summed E-state index contributed by atoms with van der Waals surface area (Å²) in [6, 6.07) is 8.83. The number of nitrogens with one attached hydrogen (secondary N) is 1. The number of rotatable bonds is 16. The van der Waals surface area contributed by atoms with E-state index in [4.69, 9.17) is 0 Å². The van der Waals surface area contributed by atoms with Gasteiger partial charge in [0.1, 0.15) is 0 Å². The molecular weight excluding hydrogens is 326 g/mol. The first-order chi connectivity index (χ1) is 13.0. The van der Waals surface area contributed by atoms with Gasteiger partial charge in [-0.2, -0.15) is 0 Å². The van der Waals surface area contributed by atoms with Gasteiger partial charge < -0.3 is 5.32 Å². The zero-order chi connectivity index (χ0) is 19.8. The molecule has 0 aliphatic rings. The van der Waals surface area contributed by atoms with Crippen LogP contribution in [0.4, 0.5) is 5.69 Å². The molecule has 0 heterocycles. The van der Waals surface area contributed by atoms with E-state index in [0.29, 0.717) is 5.41 Å². The van der Waals surface area contributed by atoms with Crippen LogP contribution in [-0.4, -0.2) is 6.54 Å². The van der Waals surface area contributed by atoms with Gasteiger partial charge in [-0.05, 0) is 42.4 Å². The Labute approximate surface area is 170 Å². The number of hydrogen-bond acceptors (Lipinski definition) is 1. The highest BCUT2D eigenvalue weighted by Crippen LogP contribution is 2.22. The lowest BCUT2D eigenvalue weighted by Gasteiger charge is -2.17. The van der Waals surface area contributed by atoms with Crippen LogP contribution in [0.15, 0.2) is 24.3 Å². The summed E-state index contributed by atoms with van der Waals surface area (Å²) in [6.07, 6.45) is 19.6. The molecule has 1 heteroatoms. The molecule has 0 bridgehead atoms. The molecule has 0 spiro atoms. The molecule has 0 radical (unpaired) electrons. The number of hydrogen-bond donors (Lipinski definition) is 1. The molecule has 0 saturated heterocycles. The lowest BCUT2D eigenvalue weighted by Crippen LogP contribution is -2.03. The quantitative estimate of drug-likeness (QED) is 0.285. The average Bonchev–Trinajstić information content (AvgIpc) is 2.64. The summed E-state index contributed by atoms with van der Waals surface area (Å²) < 4.78 is 0. The summed E-state index contributed by atoms with van der Waals surface area (Å²) in [4.78, 5) is 0. The van der Waals surface area contributed by atoms with Crippen molar-refractivity contribution < 1.29 is 0 Å². The predicted molar refractivity (Wildman–Crippen MR) is 124 cm³/mol. The van der Waals surface area contributed by atoms with E-state index in [1.807, 2.05) is 0 Å². The molecule has 1 nitrogen and oxygen atoms in total. The van der Waals surface area contributed by atoms with Crippen LogP contribution < -0.4 is 5.32 Å². The third-order valence-electron chi connectivity index (χ3n) is 5.52. The van der Waals surface area contributed by atoms with Crippen molar-refractivity contribution in [3.8, 4) is 0 Å². The summed E-state index contributed by atoms with van der Waals surface area (Å²) in [5, 5.41) is 3.57. The SMILES string of the molecule is CCc1cccc(NCCCCCCCCCCCCCCC(C)(C)C)c1. The maximum absolute atomic E-state index is 3.57. The normalized spacial score (nSPS) is 11.7. The Hall–Kier alpha value is -0.980. The zero-order valence-electron chi connectivity index (χ0n) is 18.9. The fourth-order valence-corrected chi connectivity index (χ4v) is 3.68. The number of benzene rings is 1. The first kappa shape index (κ1) is 24.1. The molecule has 0 aliphatic carbocycles. The molecule has 0 fully saturated rings. The molecule has 0 amide bonds. The Bertz CT molecular complexity index is 458. The van der Waals surface area contributed by atoms with Gasteiger partial charge in [-0.3, -0.25) is 0 Å². The van der Waals surface area contributed by atoms with Crippen LogP contribution in [0.1, 0.15) is 117 Å². The van der Waals surface area contributed by atoms with Crippen molar-refractivity contribution in [1.29, 1.82) is 0 Å². The van der Waals surface area contributed by atoms with Gasteiger partial charge in [-0.1, -0.05) is 110 Å². The average molecular weight is 374 g/mol. The van der Waals surface area contributed by atoms with Gasteiger partial charge in [0, 0.05) is 12.2 Å². The van der Waals surface area contributed by atoms with Gasteiger partial charge in [-0.15, -0.1) is 0 Å². The summed E-state index contributed by atoms with van der Waals surface area (Å²) in [5.74, 6) is 0. The fourth-order valence-electron chi connectivity index (χ4n) is 3.68. The third kappa shape index (κ3) is 14.7. The molecule has 0 aromatic heterocycles. The van der Waals surface area contributed by atoms with Crippen LogP contribution in [-0.2, 0) is 6.42 Å². The minimum Gasteiger partial charge on any atom is -0.385 e. The van der Waals surface area contributed by atoms with Crippen LogP contribution in [0.5, 0.6) is 0 Å². The van der Waals surface area contributed by atoms with E-state index in [2.05, 4.69) is 57.3 Å². The standard InChI is InChI=1S/C26H47N/c1-5-24-19-18-20-25(23-24)27-22-17-15-13-11-9-7-6-8-10-12-14-16-21-26(2,3)4/h18-20,23,27H,5-17,21-22H2,1-4H3. The topological polar surface area (TPSA) is 12.0 Å². The van der Waals surface area contributed by atoms with E-state index in [1.54, 1.807) is 0 Å². The highest BCUT2D eigenvalue weighted by molar-refractivity contribution is 5.45. The van der Waals surface area contributed by atoms with Crippen LogP contribution >= 0.6 is 0 Å². The van der Waals surface area contributed by atoms with Crippen molar-refractivity contribution in [1.82, 2.24) is 0 Å². The van der Waals surface area contributed by atoms with Gasteiger partial charge in [0.05, 0.1) is 0 Å². The van der Waals surface area contributed by atoms with Gasteiger partial charge in [0.25, 0.3) is 0 Å². The van der Waals surface area contributed by atoms with Gasteiger partial charge >= 0.3 is 0 Å². The lowest BCUT2D eigenvalue weighted by atomic mass is 9.89. The van der Waals surface area contributed by atoms with Gasteiger partial charge in [0.2, 0.25) is 0 Å². The largest absolute Gasteiger partial charge is 0.385 e. The van der Waals surface area contributed by atoms with E-state index in [1.165, 1.54) is 94.7 Å². The molecule has 0 unspecified atom stereocenters. The molecule has 0 saturated carbocycles. The van der Waals surface area contributed by atoms with Gasteiger partial charge in [-0.25, -0.2) is 0 Å². The highest BCUT2D eigenvalue weighted by Gasteiger charge is 2.08. The molecule has 0 aliphatic heterocycles. The molecule has 156 valence electrons. The maximum Gasteiger partial charge on any atom is 0.0342 e. The van der Waals surface area contributed by atoms with Crippen LogP contribution in [0.2, 0.25) is 0 Å². The summed E-state index contributed by atoms with van der Waals surface area (Å²) in [6.45, 7) is 10.4. The van der Waals surface area contributed by atoms with Crippen molar-refractivity contribution in [2.45, 2.75) is 118 Å². The predicted octanol–water partition coefficient (Wildman–Crippen LogP) is 8.78. The van der Waals surface area contributed by atoms with Crippen molar-refractivity contribution in [3.63, 3.8) is 0 Å². The first-order valence-corrected chi connectivity index (χ1v) is 11.8. The van der Waals surface area contributed by atoms with Crippen LogP contribution in [0.25, 0.3) is 0 Å². The monoisotopic (exact) mass is 373 g/mol. The Morgan fingerprint density at radius 2 is 1.22 bits per heavy atom. The van der Waals surface area contributed by atoms with Crippen molar-refractivity contribution >= 4 is 5.69 Å². The first-order valence-electron chi connectivity index (χ1n) is 11.8. The Morgan fingerprint density at radius 3 is 1.74 bits per heavy atom. The molecule has 0 atom stereocenters. The zero-order valence-corrected chi connectivity index (χ0v) is 18.9. The Balaban J connectivity index is 1.80. The molecule has 1 N–H and O–H groups in total. The summed E-state index contributed by atoms with van der Waals surface area (Å²) >= 11 is 0. The molecule has 27 heavy (non-hydrogen) atoms. The smallest absolute Gasteiger partial charge is 0.0342 e. The number of aryl methyl sites for hydroxylation is 1. The molecular formula is C26H47N. The van der Waals surface area contributed by atoms with Crippen molar-refractivity contribution in [3.05, 3.63) is 29.8 Å². The summed E-state index contributed by atoms with van der Waals surface area (Å²) in [7, 11) is 0. The van der Waals surface area contributed by atoms with Gasteiger partial charge in [0.15, 0.2) is 0 Å². The van der Waals surface area contributed by atoms with Crippen molar-refractivity contribution in [2.24, 2.45) is 5.41 Å². The van der Waals surface area contributed by atoms with E-state index >= 15 is 0 Å². The Morgan fingerprint density at radius 1 is 0.704 bits per heavy atom. The van der Waals surface area contributed by atoms with E-state index in [-0.39, 0.29) is 0 Å². The minimum absolute atomic E-state index is 0.524. The van der Waals surface area contributed by atoms with E-state index in [9.17, 15) is 0 Å². The Kier molecular flexibility index (Phi) is 13.4. The van der Waals surface area contributed by atoms with Crippen LogP contribution in [0, 0.1) is 5.41 Å². The second-order valence-electron chi connectivity index (χ2n) is 9.53. The molecule has 1 aromatic rings.